The topological polar surface area (TPSA) is 26.0 Å². The number of nitrogens with two attached hydrogens (primary N) is 1. The number of halogens is 2. The summed E-state index contributed by atoms with van der Waals surface area (Å²) in [6.45, 7) is 4.54. The summed E-state index contributed by atoms with van der Waals surface area (Å²) in [5.41, 5.74) is 7.29. The first-order chi connectivity index (χ1) is 8.39. The lowest BCUT2D eigenvalue weighted by molar-refractivity contribution is 0.173. The second-order valence-corrected chi connectivity index (χ2v) is 6.20. The van der Waals surface area contributed by atoms with Crippen LogP contribution in [0.25, 0.3) is 0 Å². The van der Waals surface area contributed by atoms with Gasteiger partial charge >= 0.3 is 0 Å². The molecule has 1 aromatic carbocycles. The van der Waals surface area contributed by atoms with E-state index in [2.05, 4.69) is 13.8 Å². The van der Waals surface area contributed by atoms with Crippen LogP contribution in [0.2, 0.25) is 0 Å². The molecule has 0 amide bonds. The van der Waals surface area contributed by atoms with Gasteiger partial charge < -0.3 is 5.73 Å². The molecular formula is C15H21F2N. The van der Waals surface area contributed by atoms with E-state index in [4.69, 9.17) is 5.73 Å². The molecule has 1 atom stereocenters. The molecule has 1 aliphatic rings. The number of benzene rings is 1. The van der Waals surface area contributed by atoms with Gasteiger partial charge in [-0.1, -0.05) is 19.9 Å². The highest BCUT2D eigenvalue weighted by molar-refractivity contribution is 5.21. The Labute approximate surface area is 107 Å². The first-order valence-corrected chi connectivity index (χ1v) is 6.59. The third-order valence-corrected chi connectivity index (χ3v) is 4.22. The molecule has 1 aromatic rings. The lowest BCUT2D eigenvalue weighted by Gasteiger charge is -2.37. The Hall–Kier alpha value is -0.960. The fraction of sp³-hybridized carbons (Fsp3) is 0.600. The summed E-state index contributed by atoms with van der Waals surface area (Å²) in [6.07, 6.45) is 4.42. The minimum Gasteiger partial charge on any atom is -0.324 e. The van der Waals surface area contributed by atoms with Gasteiger partial charge in [0, 0.05) is 6.04 Å². The molecule has 1 fully saturated rings. The zero-order valence-electron chi connectivity index (χ0n) is 11.0. The van der Waals surface area contributed by atoms with Crippen molar-refractivity contribution < 1.29 is 8.78 Å². The van der Waals surface area contributed by atoms with Crippen LogP contribution in [0.1, 0.15) is 51.1 Å². The monoisotopic (exact) mass is 253 g/mol. The van der Waals surface area contributed by atoms with Gasteiger partial charge in [0.05, 0.1) is 0 Å². The van der Waals surface area contributed by atoms with Crippen molar-refractivity contribution >= 4 is 0 Å². The fourth-order valence-corrected chi connectivity index (χ4v) is 2.77. The average Bonchev–Trinajstić information content (AvgIpc) is 2.32. The molecular weight excluding hydrogens is 232 g/mol. The third kappa shape index (κ3) is 2.89. The van der Waals surface area contributed by atoms with Crippen LogP contribution in [0, 0.1) is 23.0 Å². The lowest BCUT2D eigenvalue weighted by atomic mass is 9.70. The van der Waals surface area contributed by atoms with Gasteiger partial charge in [0.2, 0.25) is 0 Å². The van der Waals surface area contributed by atoms with E-state index >= 15 is 0 Å². The highest BCUT2D eigenvalue weighted by atomic mass is 19.2. The predicted octanol–water partition coefficient (Wildman–Crippen LogP) is 4.18. The van der Waals surface area contributed by atoms with E-state index in [0.717, 1.165) is 31.7 Å². The summed E-state index contributed by atoms with van der Waals surface area (Å²) in [5.74, 6) is -1.24. The Morgan fingerprint density at radius 1 is 1.17 bits per heavy atom. The van der Waals surface area contributed by atoms with Gasteiger partial charge in [0.1, 0.15) is 0 Å². The second-order valence-electron chi connectivity index (χ2n) is 6.20. The van der Waals surface area contributed by atoms with Crippen molar-refractivity contribution in [3.8, 4) is 0 Å². The van der Waals surface area contributed by atoms with Gasteiger partial charge in [-0.3, -0.25) is 0 Å². The summed E-state index contributed by atoms with van der Waals surface area (Å²) in [5, 5.41) is 0. The Kier molecular flexibility index (Phi) is 3.71. The van der Waals surface area contributed by atoms with E-state index in [-0.39, 0.29) is 6.04 Å². The summed E-state index contributed by atoms with van der Waals surface area (Å²) < 4.78 is 26.1. The SMILES string of the molecule is CC1(C)CCC(C(N)c2ccc(F)c(F)c2)CC1. The van der Waals surface area contributed by atoms with Crippen molar-refractivity contribution in [3.63, 3.8) is 0 Å². The number of hydrogen-bond acceptors (Lipinski definition) is 1. The zero-order valence-corrected chi connectivity index (χ0v) is 11.0. The molecule has 18 heavy (non-hydrogen) atoms. The van der Waals surface area contributed by atoms with Gasteiger partial charge in [-0.05, 0) is 54.7 Å². The Morgan fingerprint density at radius 2 is 1.78 bits per heavy atom. The van der Waals surface area contributed by atoms with Crippen LogP contribution in [0.15, 0.2) is 18.2 Å². The standard InChI is InChI=1S/C15H21F2N/c1-15(2)7-5-10(6-8-15)14(18)11-3-4-12(16)13(17)9-11/h3-4,9-10,14H,5-8,18H2,1-2H3. The van der Waals surface area contributed by atoms with Crippen molar-refractivity contribution in [2.24, 2.45) is 17.1 Å². The first-order valence-electron chi connectivity index (χ1n) is 6.59. The van der Waals surface area contributed by atoms with Crippen LogP contribution in [0.3, 0.4) is 0 Å². The number of rotatable bonds is 2. The molecule has 0 aromatic heterocycles. The van der Waals surface area contributed by atoms with Crippen molar-refractivity contribution in [3.05, 3.63) is 35.4 Å². The minimum atomic E-state index is -0.810. The predicted molar refractivity (Wildman–Crippen MR) is 69.0 cm³/mol. The van der Waals surface area contributed by atoms with Gasteiger partial charge in [0.25, 0.3) is 0 Å². The van der Waals surface area contributed by atoms with Crippen LogP contribution in [0.5, 0.6) is 0 Å². The quantitative estimate of drug-likeness (QED) is 0.840. The van der Waals surface area contributed by atoms with Gasteiger partial charge in [0.15, 0.2) is 11.6 Å². The van der Waals surface area contributed by atoms with E-state index in [0.29, 0.717) is 16.9 Å². The lowest BCUT2D eigenvalue weighted by Crippen LogP contribution is -2.29. The molecule has 2 N–H and O–H groups in total. The maximum absolute atomic E-state index is 13.2. The van der Waals surface area contributed by atoms with Crippen molar-refractivity contribution in [2.45, 2.75) is 45.6 Å². The molecule has 0 bridgehead atoms. The van der Waals surface area contributed by atoms with E-state index < -0.39 is 11.6 Å². The second kappa shape index (κ2) is 4.96. The Morgan fingerprint density at radius 3 is 2.33 bits per heavy atom. The van der Waals surface area contributed by atoms with Gasteiger partial charge in [-0.15, -0.1) is 0 Å². The van der Waals surface area contributed by atoms with Crippen molar-refractivity contribution in [1.82, 2.24) is 0 Å². The molecule has 1 nitrogen and oxygen atoms in total. The van der Waals surface area contributed by atoms with Crippen LogP contribution < -0.4 is 5.73 Å². The normalized spacial score (nSPS) is 21.8. The summed E-state index contributed by atoms with van der Waals surface area (Å²) in [6, 6.07) is 3.82. The molecule has 3 heteroatoms. The average molecular weight is 253 g/mol. The van der Waals surface area contributed by atoms with Crippen LogP contribution >= 0.6 is 0 Å². The Bertz CT molecular complexity index is 419. The van der Waals surface area contributed by atoms with Gasteiger partial charge in [-0.25, -0.2) is 8.78 Å². The third-order valence-electron chi connectivity index (χ3n) is 4.22. The number of hydrogen-bond donors (Lipinski definition) is 1. The molecule has 2 rings (SSSR count). The molecule has 0 radical (unpaired) electrons. The van der Waals surface area contributed by atoms with Gasteiger partial charge in [-0.2, -0.15) is 0 Å². The largest absolute Gasteiger partial charge is 0.324 e. The summed E-state index contributed by atoms with van der Waals surface area (Å²) in [7, 11) is 0. The van der Waals surface area contributed by atoms with Crippen LogP contribution in [-0.4, -0.2) is 0 Å². The highest BCUT2D eigenvalue weighted by Gasteiger charge is 2.30. The maximum atomic E-state index is 13.2. The van der Waals surface area contributed by atoms with E-state index in [1.165, 1.54) is 6.07 Å². The summed E-state index contributed by atoms with van der Waals surface area (Å²) >= 11 is 0. The van der Waals surface area contributed by atoms with Crippen LogP contribution in [-0.2, 0) is 0 Å². The molecule has 100 valence electrons. The molecule has 1 aliphatic carbocycles. The molecule has 1 unspecified atom stereocenters. The van der Waals surface area contributed by atoms with E-state index in [1.807, 2.05) is 0 Å². The smallest absolute Gasteiger partial charge is 0.159 e. The van der Waals surface area contributed by atoms with Crippen molar-refractivity contribution in [1.29, 1.82) is 0 Å². The zero-order chi connectivity index (χ0) is 13.3. The van der Waals surface area contributed by atoms with Crippen LogP contribution in [0.4, 0.5) is 8.78 Å². The molecule has 0 saturated heterocycles. The fourth-order valence-electron chi connectivity index (χ4n) is 2.77. The maximum Gasteiger partial charge on any atom is 0.159 e. The molecule has 1 saturated carbocycles. The Balaban J connectivity index is 2.07. The molecule has 0 aliphatic heterocycles. The highest BCUT2D eigenvalue weighted by Crippen LogP contribution is 2.42. The van der Waals surface area contributed by atoms with Crippen molar-refractivity contribution in [2.75, 3.05) is 0 Å². The summed E-state index contributed by atoms with van der Waals surface area (Å²) in [4.78, 5) is 0. The van der Waals surface area contributed by atoms with E-state index in [1.54, 1.807) is 6.07 Å². The molecule has 0 heterocycles. The minimum absolute atomic E-state index is 0.184. The first kappa shape index (κ1) is 13.5. The van der Waals surface area contributed by atoms with E-state index in [9.17, 15) is 8.78 Å². The molecule has 0 spiro atoms.